The molecule has 1 saturated carbocycles. The second-order valence-corrected chi connectivity index (χ2v) is 8.61. The van der Waals surface area contributed by atoms with Gasteiger partial charge in [0.1, 0.15) is 13.3 Å². The molecule has 0 radical (unpaired) electrons. The van der Waals surface area contributed by atoms with Crippen LogP contribution in [-0.2, 0) is 9.53 Å². The normalized spacial score (nSPS) is 32.0. The number of carbonyl (C=O) groups is 1. The van der Waals surface area contributed by atoms with E-state index in [9.17, 15) is 19.4 Å². The smallest absolute Gasteiger partial charge is 0.158 e. The summed E-state index contributed by atoms with van der Waals surface area (Å²) in [6.07, 6.45) is 10.4. The van der Waals surface area contributed by atoms with E-state index in [4.69, 9.17) is 9.84 Å². The fourth-order valence-electron chi connectivity index (χ4n) is 4.58. The molecule has 6 atom stereocenters. The molecular weight excluding hydrogens is 363 g/mol. The van der Waals surface area contributed by atoms with Crippen molar-refractivity contribution >= 4 is 5.78 Å². The second kappa shape index (κ2) is 11.4. The number of hydrogen-bond donors (Lipinski definition) is 3. The van der Waals surface area contributed by atoms with Crippen LogP contribution < -0.4 is 0 Å². The minimum atomic E-state index is -1.30. The lowest BCUT2D eigenvalue weighted by Gasteiger charge is -2.24. The van der Waals surface area contributed by atoms with Gasteiger partial charge in [-0.05, 0) is 38.0 Å². The molecule has 2 unspecified atom stereocenters. The van der Waals surface area contributed by atoms with E-state index >= 15 is 0 Å². The average Bonchev–Trinajstić information content (AvgIpc) is 3.20. The number of ether oxygens (including phenoxy) is 1. The van der Waals surface area contributed by atoms with Crippen molar-refractivity contribution in [3.05, 3.63) is 12.2 Å². The Kier molecular flexibility index (Phi) is 9.54. The molecule has 0 aromatic rings. The van der Waals surface area contributed by atoms with E-state index in [1.807, 2.05) is 19.1 Å². The van der Waals surface area contributed by atoms with E-state index in [1.54, 1.807) is 0 Å². The number of halogens is 1. The van der Waals surface area contributed by atoms with Gasteiger partial charge in [-0.15, -0.1) is 0 Å². The summed E-state index contributed by atoms with van der Waals surface area (Å²) in [6.45, 7) is 0.886. The molecule has 1 heterocycles. The fraction of sp³-hybridized carbons (Fsp3) is 0.864. The number of carbonyl (C=O) groups excluding carboxylic acids is 1. The lowest BCUT2D eigenvalue weighted by molar-refractivity contribution is -0.121. The predicted molar refractivity (Wildman–Crippen MR) is 106 cm³/mol. The lowest BCUT2D eigenvalue weighted by Crippen LogP contribution is -2.30. The molecule has 162 valence electrons. The molecule has 2 fully saturated rings. The quantitative estimate of drug-likeness (QED) is 0.327. The van der Waals surface area contributed by atoms with E-state index < -0.39 is 18.4 Å². The van der Waals surface area contributed by atoms with Crippen LogP contribution in [0.1, 0.15) is 71.1 Å². The molecule has 1 saturated heterocycles. The molecule has 28 heavy (non-hydrogen) atoms. The number of Topliss-reactive ketones (excluding diaryl/α,β-unsaturated/α-hetero) is 1. The standard InChI is InChI=1S/C22H37FO5/c1-2-3-10-22(27,15-23)11-6-9-18-19-12-17(28-21(19)13-20(18)26)8-5-4-7-16(25)14-24/h6,9,17-21,24,26-27H,2-5,7-8,10-15H2,1H3/b9-6+/t17?,18-,19-,20-,21-,22?/m1/s1. The van der Waals surface area contributed by atoms with Crippen LogP contribution in [-0.4, -0.2) is 58.3 Å². The van der Waals surface area contributed by atoms with Crippen molar-refractivity contribution in [1.29, 1.82) is 0 Å². The van der Waals surface area contributed by atoms with Crippen LogP contribution >= 0.6 is 0 Å². The zero-order chi connectivity index (χ0) is 20.6. The summed E-state index contributed by atoms with van der Waals surface area (Å²) in [4.78, 5) is 11.1. The van der Waals surface area contributed by atoms with Crippen molar-refractivity contribution in [2.45, 2.75) is 95.0 Å². The third kappa shape index (κ3) is 6.61. The molecule has 1 aliphatic carbocycles. The Labute approximate surface area is 168 Å². The first-order chi connectivity index (χ1) is 13.4. The van der Waals surface area contributed by atoms with Gasteiger partial charge in [-0.1, -0.05) is 38.3 Å². The third-order valence-electron chi connectivity index (χ3n) is 6.30. The van der Waals surface area contributed by atoms with Crippen LogP contribution in [0.15, 0.2) is 12.2 Å². The van der Waals surface area contributed by atoms with Crippen LogP contribution in [0.25, 0.3) is 0 Å². The first-order valence-corrected chi connectivity index (χ1v) is 10.8. The Balaban J connectivity index is 1.80. The third-order valence-corrected chi connectivity index (χ3v) is 6.30. The van der Waals surface area contributed by atoms with E-state index in [1.165, 1.54) is 0 Å². The molecule has 6 heteroatoms. The maximum atomic E-state index is 13.2. The molecule has 2 aliphatic rings. The van der Waals surface area contributed by atoms with Crippen molar-refractivity contribution in [2.24, 2.45) is 11.8 Å². The van der Waals surface area contributed by atoms with Crippen molar-refractivity contribution in [3.63, 3.8) is 0 Å². The van der Waals surface area contributed by atoms with E-state index in [0.29, 0.717) is 19.3 Å². The Morgan fingerprint density at radius 3 is 2.75 bits per heavy atom. The van der Waals surface area contributed by atoms with Crippen LogP contribution in [0.5, 0.6) is 0 Å². The van der Waals surface area contributed by atoms with Crippen LogP contribution in [0, 0.1) is 11.8 Å². The molecule has 5 nitrogen and oxygen atoms in total. The maximum absolute atomic E-state index is 13.2. The van der Waals surface area contributed by atoms with Gasteiger partial charge in [0.05, 0.1) is 23.9 Å². The van der Waals surface area contributed by atoms with Crippen LogP contribution in [0.4, 0.5) is 4.39 Å². The summed E-state index contributed by atoms with van der Waals surface area (Å²) in [5.41, 5.74) is -1.30. The largest absolute Gasteiger partial charge is 0.392 e. The van der Waals surface area contributed by atoms with Gasteiger partial charge in [-0.2, -0.15) is 0 Å². The predicted octanol–water partition coefficient (Wildman–Crippen LogP) is 3.10. The zero-order valence-electron chi connectivity index (χ0n) is 17.1. The molecule has 0 aromatic heterocycles. The molecule has 3 N–H and O–H groups in total. The maximum Gasteiger partial charge on any atom is 0.158 e. The minimum Gasteiger partial charge on any atom is -0.392 e. The Bertz CT molecular complexity index is 511. The first kappa shape index (κ1) is 23.5. The highest BCUT2D eigenvalue weighted by molar-refractivity contribution is 5.79. The molecule has 2 rings (SSSR count). The van der Waals surface area contributed by atoms with Gasteiger partial charge in [-0.25, -0.2) is 4.39 Å². The van der Waals surface area contributed by atoms with Crippen molar-refractivity contribution in [1.82, 2.24) is 0 Å². The van der Waals surface area contributed by atoms with Gasteiger partial charge in [0.25, 0.3) is 0 Å². The summed E-state index contributed by atoms with van der Waals surface area (Å²) in [7, 11) is 0. The first-order valence-electron chi connectivity index (χ1n) is 10.8. The van der Waals surface area contributed by atoms with Crippen molar-refractivity contribution in [2.75, 3.05) is 13.3 Å². The molecule has 0 amide bonds. The van der Waals surface area contributed by atoms with E-state index in [-0.39, 0.29) is 42.9 Å². The molecule has 0 spiro atoms. The number of alkyl halides is 1. The second-order valence-electron chi connectivity index (χ2n) is 8.61. The van der Waals surface area contributed by atoms with Crippen LogP contribution in [0.3, 0.4) is 0 Å². The van der Waals surface area contributed by atoms with Gasteiger partial charge >= 0.3 is 0 Å². The summed E-state index contributed by atoms with van der Waals surface area (Å²) in [5, 5.41) is 29.5. The highest BCUT2D eigenvalue weighted by Crippen LogP contribution is 2.45. The zero-order valence-corrected chi connectivity index (χ0v) is 17.1. The van der Waals surface area contributed by atoms with Gasteiger partial charge in [0.2, 0.25) is 0 Å². The molecular formula is C22H37FO5. The summed E-state index contributed by atoms with van der Waals surface area (Å²) >= 11 is 0. The van der Waals surface area contributed by atoms with E-state index in [2.05, 4.69) is 0 Å². The van der Waals surface area contributed by atoms with Crippen LogP contribution in [0.2, 0.25) is 0 Å². The lowest BCUT2D eigenvalue weighted by atomic mass is 9.88. The van der Waals surface area contributed by atoms with Crippen molar-refractivity contribution in [3.8, 4) is 0 Å². The fourth-order valence-corrected chi connectivity index (χ4v) is 4.58. The molecule has 0 aromatic carbocycles. The summed E-state index contributed by atoms with van der Waals surface area (Å²) in [6, 6.07) is 0. The SMILES string of the molecule is CCCCC(O)(CF)C/C=C/[C@@H]1[C@H]2CC(CCCCC(=O)CO)O[C@@H]2C[C@H]1O. The topological polar surface area (TPSA) is 87.0 Å². The number of fused-ring (bicyclic) bond motifs is 1. The number of hydrogen-bond acceptors (Lipinski definition) is 5. The molecule has 0 bridgehead atoms. The Morgan fingerprint density at radius 2 is 2.07 bits per heavy atom. The molecule has 1 aliphatic heterocycles. The average molecular weight is 401 g/mol. The summed E-state index contributed by atoms with van der Waals surface area (Å²) < 4.78 is 19.3. The van der Waals surface area contributed by atoms with Gasteiger partial charge < -0.3 is 20.1 Å². The van der Waals surface area contributed by atoms with Crippen molar-refractivity contribution < 1.29 is 29.2 Å². The minimum absolute atomic E-state index is 0.0130. The number of unbranched alkanes of at least 4 members (excludes halogenated alkanes) is 2. The van der Waals surface area contributed by atoms with Gasteiger partial charge in [0, 0.05) is 18.8 Å². The summed E-state index contributed by atoms with van der Waals surface area (Å²) in [5.74, 6) is 0.121. The highest BCUT2D eigenvalue weighted by Gasteiger charge is 2.47. The Hall–Kier alpha value is -0.820. The van der Waals surface area contributed by atoms with Gasteiger partial charge in [-0.3, -0.25) is 4.79 Å². The monoisotopic (exact) mass is 400 g/mol. The van der Waals surface area contributed by atoms with Gasteiger partial charge in [0.15, 0.2) is 5.78 Å². The number of aliphatic hydroxyl groups is 3. The van der Waals surface area contributed by atoms with E-state index in [0.717, 1.165) is 38.5 Å². The Morgan fingerprint density at radius 1 is 1.29 bits per heavy atom. The number of rotatable bonds is 13. The number of aliphatic hydroxyl groups excluding tert-OH is 2. The highest BCUT2D eigenvalue weighted by atomic mass is 19.1. The number of ketones is 1.